The summed E-state index contributed by atoms with van der Waals surface area (Å²) in [6.45, 7) is 10.9. The summed E-state index contributed by atoms with van der Waals surface area (Å²) in [6.07, 6.45) is 12.6. The van der Waals surface area contributed by atoms with Crippen molar-refractivity contribution in [3.05, 3.63) is 0 Å². The van der Waals surface area contributed by atoms with Gasteiger partial charge in [0.2, 0.25) is 0 Å². The maximum atomic E-state index is 3.96. The minimum atomic E-state index is 0.473. The molecule has 1 aliphatic carbocycles. The second kappa shape index (κ2) is 7.79. The first-order valence-electron chi connectivity index (χ1n) is 9.14. The molecule has 2 heteroatoms. The van der Waals surface area contributed by atoms with Crippen LogP contribution in [-0.2, 0) is 0 Å². The molecule has 1 atom stereocenters. The molecule has 2 rings (SSSR count). The van der Waals surface area contributed by atoms with E-state index in [0.29, 0.717) is 5.54 Å². The van der Waals surface area contributed by atoms with E-state index in [9.17, 15) is 0 Å². The zero-order valence-electron chi connectivity index (χ0n) is 14.1. The highest BCUT2D eigenvalue weighted by molar-refractivity contribution is 4.99. The van der Waals surface area contributed by atoms with Gasteiger partial charge in [-0.05, 0) is 44.6 Å². The molecule has 1 spiro atoms. The van der Waals surface area contributed by atoms with Crippen LogP contribution in [0.5, 0.6) is 0 Å². The Morgan fingerprint density at radius 3 is 2.60 bits per heavy atom. The zero-order valence-corrected chi connectivity index (χ0v) is 14.1. The van der Waals surface area contributed by atoms with Crippen LogP contribution in [0.25, 0.3) is 0 Å². The molecule has 1 saturated heterocycles. The van der Waals surface area contributed by atoms with Crippen molar-refractivity contribution in [3.63, 3.8) is 0 Å². The van der Waals surface area contributed by atoms with Crippen LogP contribution in [0, 0.1) is 5.92 Å². The smallest absolute Gasteiger partial charge is 0.0309 e. The first-order chi connectivity index (χ1) is 9.65. The number of piperazine rings is 1. The van der Waals surface area contributed by atoms with Crippen LogP contribution in [0.4, 0.5) is 0 Å². The van der Waals surface area contributed by atoms with Gasteiger partial charge in [0.1, 0.15) is 0 Å². The van der Waals surface area contributed by atoms with Crippen molar-refractivity contribution in [1.82, 2.24) is 10.2 Å². The lowest BCUT2D eigenvalue weighted by atomic mass is 9.79. The molecule has 1 saturated carbocycles. The van der Waals surface area contributed by atoms with E-state index in [0.717, 1.165) is 12.0 Å². The molecule has 0 radical (unpaired) electrons. The van der Waals surface area contributed by atoms with Crippen LogP contribution in [0.15, 0.2) is 0 Å². The summed E-state index contributed by atoms with van der Waals surface area (Å²) in [5, 5.41) is 3.96. The van der Waals surface area contributed by atoms with Crippen molar-refractivity contribution in [2.24, 2.45) is 5.92 Å². The average molecular weight is 280 g/mol. The minimum absolute atomic E-state index is 0.473. The molecule has 0 amide bonds. The average Bonchev–Trinajstić information content (AvgIpc) is 2.43. The van der Waals surface area contributed by atoms with Crippen LogP contribution in [0.2, 0.25) is 0 Å². The van der Waals surface area contributed by atoms with Gasteiger partial charge in [-0.2, -0.15) is 0 Å². The molecule has 0 bridgehead atoms. The lowest BCUT2D eigenvalue weighted by Gasteiger charge is -2.50. The Morgan fingerprint density at radius 2 is 1.95 bits per heavy atom. The molecule has 1 aliphatic heterocycles. The molecule has 1 heterocycles. The van der Waals surface area contributed by atoms with Crippen LogP contribution >= 0.6 is 0 Å². The van der Waals surface area contributed by atoms with Gasteiger partial charge in [0.15, 0.2) is 0 Å². The number of rotatable bonds is 6. The van der Waals surface area contributed by atoms with Gasteiger partial charge >= 0.3 is 0 Å². The highest BCUT2D eigenvalue weighted by atomic mass is 15.3. The van der Waals surface area contributed by atoms with E-state index in [-0.39, 0.29) is 0 Å². The summed E-state index contributed by atoms with van der Waals surface area (Å²) in [5.41, 5.74) is 0.473. The fourth-order valence-corrected chi connectivity index (χ4v) is 4.18. The molecule has 2 fully saturated rings. The molecule has 20 heavy (non-hydrogen) atoms. The molecule has 0 aromatic rings. The maximum Gasteiger partial charge on any atom is 0.0309 e. The Balaban J connectivity index is 1.90. The van der Waals surface area contributed by atoms with Gasteiger partial charge in [-0.1, -0.05) is 46.5 Å². The van der Waals surface area contributed by atoms with E-state index in [4.69, 9.17) is 0 Å². The molecule has 118 valence electrons. The molecule has 0 aromatic carbocycles. The van der Waals surface area contributed by atoms with E-state index in [1.165, 1.54) is 77.4 Å². The van der Waals surface area contributed by atoms with Crippen molar-refractivity contribution in [3.8, 4) is 0 Å². The van der Waals surface area contributed by atoms with Crippen molar-refractivity contribution < 1.29 is 0 Å². The summed E-state index contributed by atoms with van der Waals surface area (Å²) < 4.78 is 0. The quantitative estimate of drug-likeness (QED) is 0.784. The fourth-order valence-electron chi connectivity index (χ4n) is 4.18. The summed E-state index contributed by atoms with van der Waals surface area (Å²) in [4.78, 5) is 2.84. The first kappa shape index (κ1) is 16.3. The van der Waals surface area contributed by atoms with Crippen molar-refractivity contribution in [1.29, 1.82) is 0 Å². The lowest BCUT2D eigenvalue weighted by Crippen LogP contribution is -2.64. The fraction of sp³-hybridized carbons (Fsp3) is 1.00. The SMILES string of the molecule is CCCC1CNC2(CCCCC2)CN1CCCC(C)C. The van der Waals surface area contributed by atoms with Gasteiger partial charge in [0.25, 0.3) is 0 Å². The predicted molar refractivity (Wildman–Crippen MR) is 88.2 cm³/mol. The molecule has 2 nitrogen and oxygen atoms in total. The van der Waals surface area contributed by atoms with Gasteiger partial charge in [0, 0.05) is 24.7 Å². The van der Waals surface area contributed by atoms with Gasteiger partial charge in [-0.3, -0.25) is 4.90 Å². The van der Waals surface area contributed by atoms with Crippen LogP contribution < -0.4 is 5.32 Å². The van der Waals surface area contributed by atoms with E-state index in [1.54, 1.807) is 0 Å². The van der Waals surface area contributed by atoms with Gasteiger partial charge in [0.05, 0.1) is 0 Å². The largest absolute Gasteiger partial charge is 0.308 e. The molecule has 2 aliphatic rings. The van der Waals surface area contributed by atoms with Gasteiger partial charge < -0.3 is 5.32 Å². The van der Waals surface area contributed by atoms with Gasteiger partial charge in [-0.25, -0.2) is 0 Å². The van der Waals surface area contributed by atoms with Crippen molar-refractivity contribution in [2.75, 3.05) is 19.6 Å². The van der Waals surface area contributed by atoms with Crippen LogP contribution in [0.3, 0.4) is 0 Å². The van der Waals surface area contributed by atoms with Crippen molar-refractivity contribution in [2.45, 2.75) is 90.1 Å². The topological polar surface area (TPSA) is 15.3 Å². The predicted octanol–water partition coefficient (Wildman–Crippen LogP) is 4.20. The Labute approximate surface area is 126 Å². The monoisotopic (exact) mass is 280 g/mol. The molecule has 0 aromatic heterocycles. The molecular formula is C18H36N2. The molecule has 1 N–H and O–H groups in total. The minimum Gasteiger partial charge on any atom is -0.308 e. The van der Waals surface area contributed by atoms with Crippen LogP contribution in [0.1, 0.15) is 78.6 Å². The first-order valence-corrected chi connectivity index (χ1v) is 9.14. The zero-order chi connectivity index (χ0) is 14.4. The maximum absolute atomic E-state index is 3.96. The van der Waals surface area contributed by atoms with E-state index < -0.39 is 0 Å². The third-order valence-corrected chi connectivity index (χ3v) is 5.39. The summed E-state index contributed by atoms with van der Waals surface area (Å²) in [5.74, 6) is 0.853. The third kappa shape index (κ3) is 4.46. The van der Waals surface area contributed by atoms with E-state index in [1.807, 2.05) is 0 Å². The second-order valence-electron chi connectivity index (χ2n) is 7.67. The lowest BCUT2D eigenvalue weighted by molar-refractivity contribution is 0.0500. The summed E-state index contributed by atoms with van der Waals surface area (Å²) >= 11 is 0. The molecular weight excluding hydrogens is 244 g/mol. The number of hydrogen-bond acceptors (Lipinski definition) is 2. The summed E-state index contributed by atoms with van der Waals surface area (Å²) in [7, 11) is 0. The molecule has 1 unspecified atom stereocenters. The number of nitrogens with zero attached hydrogens (tertiary/aromatic N) is 1. The van der Waals surface area contributed by atoms with Crippen LogP contribution in [-0.4, -0.2) is 36.1 Å². The normalized spacial score (nSPS) is 27.3. The highest BCUT2D eigenvalue weighted by Crippen LogP contribution is 2.32. The van der Waals surface area contributed by atoms with E-state index >= 15 is 0 Å². The van der Waals surface area contributed by atoms with Gasteiger partial charge in [-0.15, -0.1) is 0 Å². The Bertz CT molecular complexity index is 269. The standard InChI is InChI=1S/C18H36N2/c1-4-9-17-14-19-18(11-6-5-7-12-18)15-20(17)13-8-10-16(2)3/h16-17,19H,4-15H2,1-3H3. The Morgan fingerprint density at radius 1 is 1.20 bits per heavy atom. The van der Waals surface area contributed by atoms with Crippen molar-refractivity contribution >= 4 is 0 Å². The number of hydrogen-bond donors (Lipinski definition) is 1. The third-order valence-electron chi connectivity index (χ3n) is 5.39. The summed E-state index contributed by atoms with van der Waals surface area (Å²) in [6, 6.07) is 0.791. The highest BCUT2D eigenvalue weighted by Gasteiger charge is 2.39. The number of nitrogens with one attached hydrogen (secondary N) is 1. The Hall–Kier alpha value is -0.0800. The second-order valence-corrected chi connectivity index (χ2v) is 7.67. The Kier molecular flexibility index (Phi) is 6.35. The van der Waals surface area contributed by atoms with E-state index in [2.05, 4.69) is 31.0 Å².